The number of sulfonamides is 1. The lowest BCUT2D eigenvalue weighted by Crippen LogP contribution is -2.32. The largest absolute Gasteiger partial charge is 0.313 e. The van der Waals surface area contributed by atoms with Crippen LogP contribution in [0.25, 0.3) is 0 Å². The highest BCUT2D eigenvalue weighted by atomic mass is 32.2. The molecule has 0 atom stereocenters. The maximum absolute atomic E-state index is 13.6. The van der Waals surface area contributed by atoms with Crippen molar-refractivity contribution in [3.8, 4) is 0 Å². The van der Waals surface area contributed by atoms with E-state index in [0.29, 0.717) is 18.7 Å². The van der Waals surface area contributed by atoms with Crippen molar-refractivity contribution in [3.05, 3.63) is 29.6 Å². The third-order valence-corrected chi connectivity index (χ3v) is 5.09. The highest BCUT2D eigenvalue weighted by Gasteiger charge is 2.23. The molecule has 1 aliphatic carbocycles. The zero-order valence-electron chi connectivity index (χ0n) is 11.7. The molecule has 6 heteroatoms. The standard InChI is InChI=1S/C14H21FN2O2S/c1-2-16-10-11-9-13(7-8-14(11)15)20(18,19)17-12-5-3-4-6-12/h7-9,12,16-17H,2-6,10H2,1H3. The van der Waals surface area contributed by atoms with Gasteiger partial charge in [-0.05, 0) is 37.6 Å². The van der Waals surface area contributed by atoms with Gasteiger partial charge in [-0.1, -0.05) is 19.8 Å². The van der Waals surface area contributed by atoms with Crippen LogP contribution in [0.4, 0.5) is 4.39 Å². The number of hydrogen-bond donors (Lipinski definition) is 2. The van der Waals surface area contributed by atoms with E-state index in [1.165, 1.54) is 18.2 Å². The van der Waals surface area contributed by atoms with Crippen LogP contribution in [0.3, 0.4) is 0 Å². The summed E-state index contributed by atoms with van der Waals surface area (Å²) in [6.07, 6.45) is 3.87. The summed E-state index contributed by atoms with van der Waals surface area (Å²) in [7, 11) is -3.55. The second kappa shape index (κ2) is 6.65. The van der Waals surface area contributed by atoms with Crippen molar-refractivity contribution >= 4 is 10.0 Å². The Morgan fingerprint density at radius 2 is 2.00 bits per heavy atom. The molecule has 0 bridgehead atoms. The molecule has 0 aromatic heterocycles. The van der Waals surface area contributed by atoms with Gasteiger partial charge < -0.3 is 5.32 Å². The van der Waals surface area contributed by atoms with Crippen LogP contribution in [0.1, 0.15) is 38.2 Å². The molecule has 0 amide bonds. The number of hydrogen-bond acceptors (Lipinski definition) is 3. The third kappa shape index (κ3) is 3.77. The van der Waals surface area contributed by atoms with Crippen molar-refractivity contribution in [3.63, 3.8) is 0 Å². The van der Waals surface area contributed by atoms with E-state index in [-0.39, 0.29) is 16.8 Å². The van der Waals surface area contributed by atoms with Crippen LogP contribution in [0.2, 0.25) is 0 Å². The first-order valence-electron chi connectivity index (χ1n) is 7.04. The first-order valence-corrected chi connectivity index (χ1v) is 8.52. The van der Waals surface area contributed by atoms with Gasteiger partial charge in [-0.3, -0.25) is 0 Å². The van der Waals surface area contributed by atoms with Gasteiger partial charge in [0.2, 0.25) is 10.0 Å². The van der Waals surface area contributed by atoms with Crippen molar-refractivity contribution in [2.24, 2.45) is 0 Å². The van der Waals surface area contributed by atoms with E-state index in [1.807, 2.05) is 6.92 Å². The molecule has 4 nitrogen and oxygen atoms in total. The van der Waals surface area contributed by atoms with E-state index in [0.717, 1.165) is 25.7 Å². The fourth-order valence-electron chi connectivity index (χ4n) is 2.44. The van der Waals surface area contributed by atoms with Crippen LogP contribution >= 0.6 is 0 Å². The van der Waals surface area contributed by atoms with Crippen molar-refractivity contribution < 1.29 is 12.8 Å². The van der Waals surface area contributed by atoms with E-state index < -0.39 is 10.0 Å². The topological polar surface area (TPSA) is 58.2 Å². The molecule has 112 valence electrons. The summed E-state index contributed by atoms with van der Waals surface area (Å²) >= 11 is 0. The van der Waals surface area contributed by atoms with Gasteiger partial charge in [0.25, 0.3) is 0 Å². The predicted molar refractivity (Wildman–Crippen MR) is 76.4 cm³/mol. The van der Waals surface area contributed by atoms with Gasteiger partial charge in [0.15, 0.2) is 0 Å². The maximum atomic E-state index is 13.6. The Hall–Kier alpha value is -0.980. The normalized spacial score (nSPS) is 16.7. The number of nitrogens with one attached hydrogen (secondary N) is 2. The van der Waals surface area contributed by atoms with Gasteiger partial charge in [-0.2, -0.15) is 0 Å². The molecule has 1 aromatic carbocycles. The molecule has 1 aliphatic rings. The van der Waals surface area contributed by atoms with Gasteiger partial charge >= 0.3 is 0 Å². The molecule has 0 unspecified atom stereocenters. The van der Waals surface area contributed by atoms with Crippen molar-refractivity contribution in [1.82, 2.24) is 10.0 Å². The molecule has 0 heterocycles. The van der Waals surface area contributed by atoms with Gasteiger partial charge in [0.1, 0.15) is 5.82 Å². The van der Waals surface area contributed by atoms with Crippen LogP contribution in [0.5, 0.6) is 0 Å². The summed E-state index contributed by atoms with van der Waals surface area (Å²) < 4.78 is 40.9. The molecule has 0 saturated heterocycles. The molecule has 20 heavy (non-hydrogen) atoms. The Balaban J connectivity index is 2.17. The van der Waals surface area contributed by atoms with E-state index in [1.54, 1.807) is 0 Å². The average Bonchev–Trinajstić information content (AvgIpc) is 2.89. The van der Waals surface area contributed by atoms with E-state index in [2.05, 4.69) is 10.0 Å². The monoisotopic (exact) mass is 300 g/mol. The molecular weight excluding hydrogens is 279 g/mol. The SMILES string of the molecule is CCNCc1cc(S(=O)(=O)NC2CCCC2)ccc1F. The smallest absolute Gasteiger partial charge is 0.240 e. The van der Waals surface area contributed by atoms with Gasteiger partial charge in [-0.25, -0.2) is 17.5 Å². The second-order valence-electron chi connectivity index (χ2n) is 5.14. The lowest BCUT2D eigenvalue weighted by atomic mass is 10.2. The number of halogens is 1. The molecule has 0 aliphatic heterocycles. The average molecular weight is 300 g/mol. The summed E-state index contributed by atoms with van der Waals surface area (Å²) in [5, 5.41) is 3.00. The minimum Gasteiger partial charge on any atom is -0.313 e. The Labute approximate surface area is 119 Å². The summed E-state index contributed by atoms with van der Waals surface area (Å²) in [4.78, 5) is 0.138. The molecular formula is C14H21FN2O2S. The third-order valence-electron chi connectivity index (χ3n) is 3.57. The number of benzene rings is 1. The Bertz CT molecular complexity index is 554. The molecule has 0 radical (unpaired) electrons. The lowest BCUT2D eigenvalue weighted by molar-refractivity contribution is 0.550. The predicted octanol–water partition coefficient (Wildman–Crippen LogP) is 2.16. The lowest BCUT2D eigenvalue weighted by Gasteiger charge is -2.13. The quantitative estimate of drug-likeness (QED) is 0.846. The highest BCUT2D eigenvalue weighted by molar-refractivity contribution is 7.89. The Kier molecular flexibility index (Phi) is 5.12. The Morgan fingerprint density at radius 3 is 2.65 bits per heavy atom. The molecule has 1 aromatic rings. The maximum Gasteiger partial charge on any atom is 0.240 e. The van der Waals surface area contributed by atoms with Crippen molar-refractivity contribution in [2.45, 2.75) is 50.1 Å². The summed E-state index contributed by atoms with van der Waals surface area (Å²) in [5.41, 5.74) is 0.376. The van der Waals surface area contributed by atoms with Crippen molar-refractivity contribution in [2.75, 3.05) is 6.54 Å². The molecule has 2 rings (SSSR count). The molecule has 2 N–H and O–H groups in total. The van der Waals surface area contributed by atoms with Crippen molar-refractivity contribution in [1.29, 1.82) is 0 Å². The van der Waals surface area contributed by atoms with E-state index in [4.69, 9.17) is 0 Å². The van der Waals surface area contributed by atoms with Gasteiger partial charge in [0, 0.05) is 18.2 Å². The summed E-state index contributed by atoms with van der Waals surface area (Å²) in [5.74, 6) is -0.384. The fourth-order valence-corrected chi connectivity index (χ4v) is 3.80. The minimum absolute atomic E-state index is 0.0160. The van der Waals surface area contributed by atoms with Crippen LogP contribution in [-0.2, 0) is 16.6 Å². The summed E-state index contributed by atoms with van der Waals surface area (Å²) in [6.45, 7) is 2.95. The second-order valence-corrected chi connectivity index (χ2v) is 6.85. The molecule has 0 spiro atoms. The first-order chi connectivity index (χ1) is 9.53. The zero-order valence-corrected chi connectivity index (χ0v) is 12.5. The van der Waals surface area contributed by atoms with Crippen LogP contribution < -0.4 is 10.0 Å². The first kappa shape index (κ1) is 15.4. The number of rotatable bonds is 6. The van der Waals surface area contributed by atoms with Gasteiger partial charge in [0.05, 0.1) is 4.90 Å². The minimum atomic E-state index is -3.55. The highest BCUT2D eigenvalue weighted by Crippen LogP contribution is 2.21. The van der Waals surface area contributed by atoms with E-state index >= 15 is 0 Å². The Morgan fingerprint density at radius 1 is 1.30 bits per heavy atom. The zero-order chi connectivity index (χ0) is 14.6. The van der Waals surface area contributed by atoms with Crippen LogP contribution in [-0.4, -0.2) is 21.0 Å². The molecule has 1 saturated carbocycles. The van der Waals surface area contributed by atoms with E-state index in [9.17, 15) is 12.8 Å². The van der Waals surface area contributed by atoms with Gasteiger partial charge in [-0.15, -0.1) is 0 Å². The molecule has 1 fully saturated rings. The summed E-state index contributed by atoms with van der Waals surface area (Å²) in [6, 6.07) is 3.97. The van der Waals surface area contributed by atoms with Crippen LogP contribution in [0.15, 0.2) is 23.1 Å². The fraction of sp³-hybridized carbons (Fsp3) is 0.571. The van der Waals surface area contributed by atoms with Crippen LogP contribution in [0, 0.1) is 5.82 Å².